The summed E-state index contributed by atoms with van der Waals surface area (Å²) in [6.45, 7) is 0.107. The van der Waals surface area contributed by atoms with E-state index >= 15 is 0 Å². The third kappa shape index (κ3) is 3.99. The van der Waals surface area contributed by atoms with Gasteiger partial charge in [-0.2, -0.15) is 0 Å². The molecule has 0 saturated heterocycles. The van der Waals surface area contributed by atoms with Crippen molar-refractivity contribution in [2.75, 3.05) is 20.8 Å². The highest BCUT2D eigenvalue weighted by atomic mass is 79.9. The van der Waals surface area contributed by atoms with Gasteiger partial charge in [-0.25, -0.2) is 0 Å². The molecule has 0 unspecified atom stereocenters. The topological polar surface area (TPSA) is 38.7 Å². The quantitative estimate of drug-likeness (QED) is 0.861. The van der Waals surface area contributed by atoms with Gasteiger partial charge in [0.15, 0.2) is 0 Å². The smallest absolute Gasteiger partial charge is 0.133 e. The molecule has 0 radical (unpaired) electrons. The maximum atomic E-state index is 9.67. The fourth-order valence-corrected chi connectivity index (χ4v) is 2.87. The Morgan fingerprint density at radius 3 is 2.29 bits per heavy atom. The van der Waals surface area contributed by atoms with E-state index in [1.807, 2.05) is 42.5 Å². The van der Waals surface area contributed by atoms with Crippen LogP contribution in [0.25, 0.3) is 0 Å². The largest absolute Gasteiger partial charge is 0.497 e. The Hall–Kier alpha value is -1.52. The van der Waals surface area contributed by atoms with Crippen LogP contribution in [0.4, 0.5) is 0 Å². The van der Waals surface area contributed by atoms with Gasteiger partial charge in [0.25, 0.3) is 0 Å². The summed E-state index contributed by atoms with van der Waals surface area (Å²) in [5, 5.41) is 9.67. The number of halogens is 1. The molecule has 0 spiro atoms. The number of benzene rings is 2. The fraction of sp³-hybridized carbons (Fsp3) is 0.294. The van der Waals surface area contributed by atoms with E-state index in [4.69, 9.17) is 9.47 Å². The Bertz CT molecular complexity index is 581. The van der Waals surface area contributed by atoms with Crippen LogP contribution in [-0.2, 0) is 6.42 Å². The Balaban J connectivity index is 2.16. The summed E-state index contributed by atoms with van der Waals surface area (Å²) in [7, 11) is 3.29. The fourth-order valence-electron chi connectivity index (χ4n) is 2.29. The van der Waals surface area contributed by atoms with Gasteiger partial charge in [-0.15, -0.1) is 0 Å². The van der Waals surface area contributed by atoms with Gasteiger partial charge >= 0.3 is 0 Å². The normalized spacial score (nSPS) is 12.0. The maximum Gasteiger partial charge on any atom is 0.133 e. The number of ether oxygens (including phenoxy) is 2. The molecule has 2 rings (SSSR count). The molecule has 21 heavy (non-hydrogen) atoms. The zero-order valence-corrected chi connectivity index (χ0v) is 13.8. The SMILES string of the molecule is COc1ccc([C@@H](CO)Cc2ccc(OC)c(Br)c2)cc1. The number of aliphatic hydroxyl groups excluding tert-OH is 1. The van der Waals surface area contributed by atoms with E-state index in [2.05, 4.69) is 15.9 Å². The summed E-state index contributed by atoms with van der Waals surface area (Å²) in [5.74, 6) is 1.70. The number of rotatable bonds is 6. The molecular weight excluding hydrogens is 332 g/mol. The van der Waals surface area contributed by atoms with E-state index in [0.29, 0.717) is 0 Å². The molecule has 4 heteroatoms. The molecule has 2 aromatic rings. The monoisotopic (exact) mass is 350 g/mol. The Labute approximate surface area is 133 Å². The van der Waals surface area contributed by atoms with Crippen LogP contribution in [-0.4, -0.2) is 25.9 Å². The van der Waals surface area contributed by atoms with Crippen molar-refractivity contribution in [3.8, 4) is 11.5 Å². The summed E-state index contributed by atoms with van der Waals surface area (Å²) in [6, 6.07) is 13.8. The van der Waals surface area contributed by atoms with Crippen molar-refractivity contribution >= 4 is 15.9 Å². The first-order valence-electron chi connectivity index (χ1n) is 6.75. The zero-order valence-electron chi connectivity index (χ0n) is 12.2. The highest BCUT2D eigenvalue weighted by Gasteiger charge is 2.12. The van der Waals surface area contributed by atoms with E-state index in [0.717, 1.165) is 33.5 Å². The Kier molecular flexibility index (Phi) is 5.65. The predicted octanol–water partition coefficient (Wildman–Crippen LogP) is 3.78. The van der Waals surface area contributed by atoms with E-state index in [1.165, 1.54) is 0 Å². The molecule has 2 aromatic carbocycles. The van der Waals surface area contributed by atoms with Crippen LogP contribution in [0.3, 0.4) is 0 Å². The molecule has 112 valence electrons. The molecule has 0 aromatic heterocycles. The molecule has 0 aliphatic heterocycles. The summed E-state index contributed by atoms with van der Waals surface area (Å²) < 4.78 is 11.3. The molecule has 0 bridgehead atoms. The van der Waals surface area contributed by atoms with Crippen molar-refractivity contribution in [3.05, 3.63) is 58.1 Å². The lowest BCUT2D eigenvalue weighted by molar-refractivity contribution is 0.264. The van der Waals surface area contributed by atoms with Gasteiger partial charge in [0, 0.05) is 5.92 Å². The Morgan fingerprint density at radius 2 is 1.76 bits per heavy atom. The van der Waals surface area contributed by atoms with Crippen LogP contribution >= 0.6 is 15.9 Å². The molecule has 3 nitrogen and oxygen atoms in total. The summed E-state index contributed by atoms with van der Waals surface area (Å²) >= 11 is 3.49. The number of aliphatic hydroxyl groups is 1. The predicted molar refractivity (Wildman–Crippen MR) is 87.2 cm³/mol. The standard InChI is InChI=1S/C17H19BrO3/c1-20-15-6-4-13(5-7-15)14(11-19)9-12-3-8-17(21-2)16(18)10-12/h3-8,10,14,19H,9,11H2,1-2H3/t14-/m1/s1. The zero-order chi connectivity index (χ0) is 15.2. The van der Waals surface area contributed by atoms with Gasteiger partial charge in [-0.3, -0.25) is 0 Å². The number of hydrogen-bond acceptors (Lipinski definition) is 3. The summed E-state index contributed by atoms with van der Waals surface area (Å²) in [5.41, 5.74) is 2.25. The lowest BCUT2D eigenvalue weighted by atomic mass is 9.92. The maximum absolute atomic E-state index is 9.67. The minimum Gasteiger partial charge on any atom is -0.497 e. The molecule has 0 heterocycles. The molecule has 1 N–H and O–H groups in total. The Morgan fingerprint density at radius 1 is 1.05 bits per heavy atom. The first kappa shape index (κ1) is 15.9. The second-order valence-corrected chi connectivity index (χ2v) is 5.68. The van der Waals surface area contributed by atoms with Crippen LogP contribution in [0.5, 0.6) is 11.5 Å². The molecule has 1 atom stereocenters. The van der Waals surface area contributed by atoms with E-state index in [9.17, 15) is 5.11 Å². The molecule has 0 aliphatic carbocycles. The van der Waals surface area contributed by atoms with E-state index in [1.54, 1.807) is 14.2 Å². The van der Waals surface area contributed by atoms with Crippen LogP contribution in [0, 0.1) is 0 Å². The summed E-state index contributed by atoms with van der Waals surface area (Å²) in [6.07, 6.45) is 0.769. The van der Waals surface area contributed by atoms with Crippen molar-refractivity contribution in [3.63, 3.8) is 0 Å². The number of methoxy groups -OCH3 is 2. The number of hydrogen-bond donors (Lipinski definition) is 1. The first-order valence-corrected chi connectivity index (χ1v) is 7.54. The van der Waals surface area contributed by atoms with Gasteiger partial charge in [-0.05, 0) is 57.7 Å². The summed E-state index contributed by atoms with van der Waals surface area (Å²) in [4.78, 5) is 0. The lowest BCUT2D eigenvalue weighted by Crippen LogP contribution is -2.08. The minimum atomic E-state index is 0.0659. The molecule has 0 fully saturated rings. The van der Waals surface area contributed by atoms with Gasteiger partial charge in [-0.1, -0.05) is 18.2 Å². The lowest BCUT2D eigenvalue weighted by Gasteiger charge is -2.16. The molecular formula is C17H19BrO3. The van der Waals surface area contributed by atoms with Crippen molar-refractivity contribution in [2.24, 2.45) is 0 Å². The van der Waals surface area contributed by atoms with E-state index < -0.39 is 0 Å². The molecule has 0 amide bonds. The average Bonchev–Trinajstić information content (AvgIpc) is 2.53. The highest BCUT2D eigenvalue weighted by Crippen LogP contribution is 2.29. The van der Waals surface area contributed by atoms with Crippen molar-refractivity contribution in [1.82, 2.24) is 0 Å². The average molecular weight is 351 g/mol. The van der Waals surface area contributed by atoms with Crippen molar-refractivity contribution in [2.45, 2.75) is 12.3 Å². The second kappa shape index (κ2) is 7.48. The first-order chi connectivity index (χ1) is 10.2. The highest BCUT2D eigenvalue weighted by molar-refractivity contribution is 9.10. The van der Waals surface area contributed by atoms with Crippen molar-refractivity contribution in [1.29, 1.82) is 0 Å². The third-order valence-corrected chi connectivity index (χ3v) is 4.13. The molecule has 0 saturated carbocycles. The van der Waals surface area contributed by atoms with Crippen LogP contribution < -0.4 is 9.47 Å². The minimum absolute atomic E-state index is 0.0659. The van der Waals surface area contributed by atoms with Gasteiger partial charge in [0.05, 0.1) is 25.3 Å². The third-order valence-electron chi connectivity index (χ3n) is 3.51. The molecule has 0 aliphatic rings. The van der Waals surface area contributed by atoms with Crippen LogP contribution in [0.1, 0.15) is 17.0 Å². The second-order valence-electron chi connectivity index (χ2n) is 4.83. The van der Waals surface area contributed by atoms with Crippen LogP contribution in [0.2, 0.25) is 0 Å². The van der Waals surface area contributed by atoms with Gasteiger partial charge < -0.3 is 14.6 Å². The van der Waals surface area contributed by atoms with E-state index in [-0.39, 0.29) is 12.5 Å². The van der Waals surface area contributed by atoms with Crippen molar-refractivity contribution < 1.29 is 14.6 Å². The van der Waals surface area contributed by atoms with Crippen LogP contribution in [0.15, 0.2) is 46.9 Å². The van der Waals surface area contributed by atoms with Gasteiger partial charge in [0.2, 0.25) is 0 Å². The van der Waals surface area contributed by atoms with Gasteiger partial charge in [0.1, 0.15) is 11.5 Å².